The number of hydrogen-bond donors (Lipinski definition) is 2. The van der Waals surface area contributed by atoms with Crippen LogP contribution in [0.4, 0.5) is 23.7 Å². The quantitative estimate of drug-likeness (QED) is 0.834. The average molecular weight is 322 g/mol. The minimum absolute atomic E-state index is 0.0392. The van der Waals surface area contributed by atoms with Gasteiger partial charge in [0.05, 0.1) is 16.3 Å². The zero-order chi connectivity index (χ0) is 15.6. The molecule has 2 amide bonds. The topological polar surface area (TPSA) is 44.4 Å². The first-order valence-corrected chi connectivity index (χ1v) is 6.81. The molecule has 0 bridgehead atoms. The second kappa shape index (κ2) is 6.11. The van der Waals surface area contributed by atoms with Crippen molar-refractivity contribution in [3.63, 3.8) is 0 Å². The number of nitrogens with zero attached hydrogens (tertiary/aromatic N) is 1. The van der Waals surface area contributed by atoms with Crippen LogP contribution in [0.3, 0.4) is 0 Å². The fourth-order valence-electron chi connectivity index (χ4n) is 2.11. The number of carbonyl (C=O) groups excluding carboxylic acids is 1. The van der Waals surface area contributed by atoms with E-state index in [1.54, 1.807) is 0 Å². The summed E-state index contributed by atoms with van der Waals surface area (Å²) in [6.07, 6.45) is -4.48. The summed E-state index contributed by atoms with van der Waals surface area (Å²) in [6, 6.07) is 2.53. The smallest absolute Gasteiger partial charge is 0.322 e. The summed E-state index contributed by atoms with van der Waals surface area (Å²) in [7, 11) is 0. The highest BCUT2D eigenvalue weighted by atomic mass is 35.5. The molecule has 1 heterocycles. The van der Waals surface area contributed by atoms with E-state index in [0.29, 0.717) is 19.6 Å². The maximum Gasteiger partial charge on any atom is 0.416 e. The van der Waals surface area contributed by atoms with Crippen molar-refractivity contribution in [1.82, 2.24) is 10.2 Å². The molecule has 1 saturated heterocycles. The van der Waals surface area contributed by atoms with E-state index < -0.39 is 17.8 Å². The van der Waals surface area contributed by atoms with Gasteiger partial charge in [0.25, 0.3) is 0 Å². The van der Waals surface area contributed by atoms with Gasteiger partial charge in [0.15, 0.2) is 0 Å². The predicted molar refractivity (Wildman–Crippen MR) is 74.5 cm³/mol. The number of halogens is 4. The van der Waals surface area contributed by atoms with E-state index in [1.807, 2.05) is 6.92 Å². The van der Waals surface area contributed by atoms with Gasteiger partial charge < -0.3 is 15.5 Å². The van der Waals surface area contributed by atoms with E-state index in [4.69, 9.17) is 11.6 Å². The largest absolute Gasteiger partial charge is 0.416 e. The molecule has 0 spiro atoms. The first-order valence-electron chi connectivity index (χ1n) is 6.43. The average Bonchev–Trinajstić information content (AvgIpc) is 2.40. The van der Waals surface area contributed by atoms with Crippen LogP contribution in [0.25, 0.3) is 0 Å². The molecular weight excluding hydrogens is 307 g/mol. The molecule has 1 aliphatic heterocycles. The van der Waals surface area contributed by atoms with Crippen LogP contribution in [0.5, 0.6) is 0 Å². The van der Waals surface area contributed by atoms with Crippen LogP contribution in [0, 0.1) is 0 Å². The Bertz CT molecular complexity index is 536. The first kappa shape index (κ1) is 15.9. The Morgan fingerprint density at radius 1 is 1.48 bits per heavy atom. The summed E-state index contributed by atoms with van der Waals surface area (Å²) >= 11 is 5.85. The first-order chi connectivity index (χ1) is 9.77. The van der Waals surface area contributed by atoms with E-state index >= 15 is 0 Å². The van der Waals surface area contributed by atoms with Crippen molar-refractivity contribution in [2.45, 2.75) is 19.1 Å². The second-order valence-corrected chi connectivity index (χ2v) is 5.33. The lowest BCUT2D eigenvalue weighted by molar-refractivity contribution is -0.137. The lowest BCUT2D eigenvalue weighted by Crippen LogP contribution is -2.52. The summed E-state index contributed by atoms with van der Waals surface area (Å²) in [6.45, 7) is 3.55. The predicted octanol–water partition coefficient (Wildman–Crippen LogP) is 3.18. The molecule has 1 fully saturated rings. The van der Waals surface area contributed by atoms with Crippen LogP contribution in [0.15, 0.2) is 18.2 Å². The molecule has 0 unspecified atom stereocenters. The Balaban J connectivity index is 2.13. The highest BCUT2D eigenvalue weighted by molar-refractivity contribution is 6.33. The van der Waals surface area contributed by atoms with E-state index in [2.05, 4.69) is 10.6 Å². The molecule has 8 heteroatoms. The third-order valence-electron chi connectivity index (χ3n) is 3.19. The van der Waals surface area contributed by atoms with Crippen LogP contribution in [-0.2, 0) is 6.18 Å². The number of anilines is 1. The van der Waals surface area contributed by atoms with Gasteiger partial charge in [-0.25, -0.2) is 4.79 Å². The molecule has 4 nitrogen and oxygen atoms in total. The number of rotatable bonds is 1. The van der Waals surface area contributed by atoms with Crippen molar-refractivity contribution in [3.8, 4) is 0 Å². The summed E-state index contributed by atoms with van der Waals surface area (Å²) in [5, 5.41) is 5.68. The Morgan fingerprint density at radius 3 is 2.81 bits per heavy atom. The zero-order valence-electron chi connectivity index (χ0n) is 11.3. The van der Waals surface area contributed by atoms with E-state index in [1.165, 1.54) is 4.90 Å². The third-order valence-corrected chi connectivity index (χ3v) is 3.52. The molecule has 0 saturated carbocycles. The number of benzene rings is 1. The van der Waals surface area contributed by atoms with Gasteiger partial charge in [0.1, 0.15) is 0 Å². The maximum atomic E-state index is 12.7. The maximum absolute atomic E-state index is 12.7. The Labute approximate surface area is 125 Å². The number of urea groups is 1. The molecule has 21 heavy (non-hydrogen) atoms. The van der Waals surface area contributed by atoms with E-state index in [9.17, 15) is 18.0 Å². The zero-order valence-corrected chi connectivity index (χ0v) is 12.1. The molecule has 0 radical (unpaired) electrons. The van der Waals surface area contributed by atoms with Crippen molar-refractivity contribution in [2.75, 3.05) is 25.0 Å². The number of hydrogen-bond acceptors (Lipinski definition) is 2. The van der Waals surface area contributed by atoms with Crippen molar-refractivity contribution in [3.05, 3.63) is 28.8 Å². The summed E-state index contributed by atoms with van der Waals surface area (Å²) in [4.78, 5) is 13.6. The standard InChI is InChI=1S/C13H15ClF3N3O/c1-8-7-20(5-4-18-8)12(21)19-11-6-9(13(15,16)17)2-3-10(11)14/h2-3,6,8,18H,4-5,7H2,1H3,(H,19,21)/t8-/m0/s1. The Kier molecular flexibility index (Phi) is 4.63. The lowest BCUT2D eigenvalue weighted by atomic mass is 10.2. The fourth-order valence-corrected chi connectivity index (χ4v) is 2.27. The highest BCUT2D eigenvalue weighted by Gasteiger charge is 2.31. The van der Waals surface area contributed by atoms with Gasteiger partial charge in [0, 0.05) is 25.7 Å². The Hall–Kier alpha value is -1.47. The molecular formula is C13H15ClF3N3O. The van der Waals surface area contributed by atoms with Crippen molar-refractivity contribution < 1.29 is 18.0 Å². The minimum atomic E-state index is -4.48. The molecule has 1 aromatic carbocycles. The Morgan fingerprint density at radius 2 is 2.19 bits per heavy atom. The van der Waals surface area contributed by atoms with Gasteiger partial charge in [-0.1, -0.05) is 11.6 Å². The molecule has 1 atom stereocenters. The molecule has 0 aromatic heterocycles. The van der Waals surface area contributed by atoms with Crippen LogP contribution < -0.4 is 10.6 Å². The van der Waals surface area contributed by atoms with E-state index in [0.717, 1.165) is 18.2 Å². The summed E-state index contributed by atoms with van der Waals surface area (Å²) in [5.41, 5.74) is -0.890. The van der Waals surface area contributed by atoms with Gasteiger partial charge in [-0.15, -0.1) is 0 Å². The normalized spacial score (nSPS) is 19.5. The van der Waals surface area contributed by atoms with Gasteiger partial charge in [0.2, 0.25) is 0 Å². The molecule has 2 N–H and O–H groups in total. The minimum Gasteiger partial charge on any atom is -0.322 e. The fraction of sp³-hybridized carbons (Fsp3) is 0.462. The van der Waals surface area contributed by atoms with Gasteiger partial charge >= 0.3 is 12.2 Å². The van der Waals surface area contributed by atoms with Crippen LogP contribution in [0.1, 0.15) is 12.5 Å². The van der Waals surface area contributed by atoms with Crippen molar-refractivity contribution in [1.29, 1.82) is 0 Å². The van der Waals surface area contributed by atoms with Crippen molar-refractivity contribution >= 4 is 23.3 Å². The molecule has 116 valence electrons. The lowest BCUT2D eigenvalue weighted by Gasteiger charge is -2.32. The molecule has 0 aliphatic carbocycles. The molecule has 2 rings (SSSR count). The highest BCUT2D eigenvalue weighted by Crippen LogP contribution is 2.33. The number of piperazine rings is 1. The van der Waals surface area contributed by atoms with Gasteiger partial charge in [-0.05, 0) is 25.1 Å². The summed E-state index contributed by atoms with van der Waals surface area (Å²) < 4.78 is 38.0. The van der Waals surface area contributed by atoms with Crippen LogP contribution in [-0.4, -0.2) is 36.6 Å². The SMILES string of the molecule is C[C@H]1CN(C(=O)Nc2cc(C(F)(F)F)ccc2Cl)CCN1. The van der Waals surface area contributed by atoms with Gasteiger partial charge in [-0.2, -0.15) is 13.2 Å². The van der Waals surface area contributed by atoms with Crippen LogP contribution in [0.2, 0.25) is 5.02 Å². The number of carbonyl (C=O) groups is 1. The van der Waals surface area contributed by atoms with Gasteiger partial charge in [-0.3, -0.25) is 0 Å². The number of nitrogens with one attached hydrogen (secondary N) is 2. The summed E-state index contributed by atoms with van der Waals surface area (Å²) in [5.74, 6) is 0. The van der Waals surface area contributed by atoms with Crippen LogP contribution >= 0.6 is 11.6 Å². The second-order valence-electron chi connectivity index (χ2n) is 4.92. The number of alkyl halides is 3. The van der Waals surface area contributed by atoms with E-state index in [-0.39, 0.29) is 16.8 Å². The third kappa shape index (κ3) is 4.01. The monoisotopic (exact) mass is 321 g/mol. The molecule has 1 aliphatic rings. The van der Waals surface area contributed by atoms with Crippen molar-refractivity contribution in [2.24, 2.45) is 0 Å². The number of amides is 2. The molecule has 1 aromatic rings.